The summed E-state index contributed by atoms with van der Waals surface area (Å²) in [6.45, 7) is 1.17. The van der Waals surface area contributed by atoms with Crippen LogP contribution < -0.4 is 5.73 Å². The molecular weight excluding hydrogens is 274 g/mol. The quantitative estimate of drug-likeness (QED) is 0.673. The van der Waals surface area contributed by atoms with Crippen molar-refractivity contribution in [2.45, 2.75) is 19.4 Å². The Bertz CT molecular complexity index is 389. The van der Waals surface area contributed by atoms with Crippen molar-refractivity contribution < 1.29 is 14.3 Å². The number of carbonyl (C=O) groups excluding carboxylic acids is 2. The van der Waals surface area contributed by atoms with E-state index in [0.29, 0.717) is 6.42 Å². The minimum Gasteiger partial charge on any atom is -0.392 e. The van der Waals surface area contributed by atoms with Gasteiger partial charge in [-0.2, -0.15) is 0 Å². The molecule has 0 saturated heterocycles. The third-order valence-electron chi connectivity index (χ3n) is 1.92. The van der Waals surface area contributed by atoms with Crippen LogP contribution in [0.1, 0.15) is 12.5 Å². The summed E-state index contributed by atoms with van der Waals surface area (Å²) < 4.78 is 5.35. The number of nitrogens with two attached hydrogens (primary N) is 1. The van der Waals surface area contributed by atoms with Crippen LogP contribution in [0, 0.1) is 0 Å². The Morgan fingerprint density at radius 2 is 1.94 bits per heavy atom. The monoisotopic (exact) mass is 285 g/mol. The summed E-state index contributed by atoms with van der Waals surface area (Å²) in [7, 11) is 0. The lowest BCUT2D eigenvalue weighted by atomic mass is 10.1. The molecule has 86 valence electrons. The van der Waals surface area contributed by atoms with Crippen LogP contribution in [0.25, 0.3) is 0 Å². The predicted molar refractivity (Wildman–Crippen MR) is 62.6 cm³/mol. The van der Waals surface area contributed by atoms with Crippen molar-refractivity contribution in [2.24, 2.45) is 5.73 Å². The number of carbonyl (C=O) groups is 2. The number of hydrogen-bond acceptors (Lipinski definition) is 4. The predicted octanol–water partition coefficient (Wildman–Crippen LogP) is 1.41. The highest BCUT2D eigenvalue weighted by Gasteiger charge is 2.17. The summed E-state index contributed by atoms with van der Waals surface area (Å²) in [5, 5.41) is 0. The second-order valence-electron chi connectivity index (χ2n) is 3.35. The highest BCUT2D eigenvalue weighted by atomic mass is 79.9. The van der Waals surface area contributed by atoms with Crippen molar-refractivity contribution in [1.82, 2.24) is 0 Å². The molecule has 0 saturated carbocycles. The first-order chi connectivity index (χ1) is 7.49. The topological polar surface area (TPSA) is 69.4 Å². The summed E-state index contributed by atoms with van der Waals surface area (Å²) in [5.74, 6) is -1.34. The molecular formula is C11H12BrNO3. The van der Waals surface area contributed by atoms with Crippen LogP contribution in [0.5, 0.6) is 0 Å². The molecule has 1 aromatic rings. The van der Waals surface area contributed by atoms with Gasteiger partial charge in [0.25, 0.3) is 0 Å². The average molecular weight is 286 g/mol. The van der Waals surface area contributed by atoms with Gasteiger partial charge in [0.15, 0.2) is 0 Å². The van der Waals surface area contributed by atoms with Gasteiger partial charge in [-0.05, 0) is 24.1 Å². The molecule has 0 bridgehead atoms. The van der Waals surface area contributed by atoms with Crippen LogP contribution in [0.15, 0.2) is 28.7 Å². The molecule has 0 aliphatic rings. The molecule has 0 unspecified atom stereocenters. The molecule has 0 aliphatic heterocycles. The number of ether oxygens (including phenoxy) is 1. The van der Waals surface area contributed by atoms with Gasteiger partial charge >= 0.3 is 11.9 Å². The first-order valence-corrected chi connectivity index (χ1v) is 5.50. The Labute approximate surface area is 102 Å². The van der Waals surface area contributed by atoms with Crippen molar-refractivity contribution in [3.05, 3.63) is 34.3 Å². The van der Waals surface area contributed by atoms with E-state index in [1.54, 1.807) is 0 Å². The molecule has 0 aromatic heterocycles. The first kappa shape index (κ1) is 12.9. The average Bonchev–Trinajstić information content (AvgIpc) is 2.20. The van der Waals surface area contributed by atoms with Gasteiger partial charge in [-0.3, -0.25) is 4.79 Å². The fourth-order valence-corrected chi connectivity index (χ4v) is 1.44. The van der Waals surface area contributed by atoms with Crippen molar-refractivity contribution in [3.8, 4) is 0 Å². The molecule has 0 heterocycles. The minimum atomic E-state index is -0.815. The highest BCUT2D eigenvalue weighted by Crippen LogP contribution is 2.11. The Morgan fingerprint density at radius 3 is 2.44 bits per heavy atom. The smallest absolute Gasteiger partial charge is 0.330 e. The van der Waals surface area contributed by atoms with E-state index in [-0.39, 0.29) is 0 Å². The Balaban J connectivity index is 2.57. The number of benzene rings is 1. The number of halogens is 1. The van der Waals surface area contributed by atoms with Crippen LogP contribution in [0.4, 0.5) is 0 Å². The minimum absolute atomic E-state index is 0.347. The van der Waals surface area contributed by atoms with Gasteiger partial charge in [0.2, 0.25) is 0 Å². The van der Waals surface area contributed by atoms with Crippen LogP contribution >= 0.6 is 15.9 Å². The SMILES string of the molecule is CC(=O)OC(=O)[C@@H](N)Cc1ccc(Br)cc1. The molecule has 0 spiro atoms. The normalized spacial score (nSPS) is 11.9. The summed E-state index contributed by atoms with van der Waals surface area (Å²) in [6, 6.07) is 6.61. The van der Waals surface area contributed by atoms with Crippen LogP contribution in [0.3, 0.4) is 0 Å². The first-order valence-electron chi connectivity index (χ1n) is 4.71. The summed E-state index contributed by atoms with van der Waals surface area (Å²) >= 11 is 3.31. The molecule has 5 heteroatoms. The van der Waals surface area contributed by atoms with Gasteiger partial charge in [-0.15, -0.1) is 0 Å². The molecule has 0 fully saturated rings. The molecule has 1 rings (SSSR count). The Morgan fingerprint density at radius 1 is 1.38 bits per heavy atom. The zero-order valence-corrected chi connectivity index (χ0v) is 10.4. The van der Waals surface area contributed by atoms with Gasteiger partial charge in [-0.25, -0.2) is 4.79 Å². The van der Waals surface area contributed by atoms with Crippen molar-refractivity contribution in [1.29, 1.82) is 0 Å². The molecule has 4 nitrogen and oxygen atoms in total. The maximum Gasteiger partial charge on any atom is 0.330 e. The molecule has 1 atom stereocenters. The zero-order valence-electron chi connectivity index (χ0n) is 8.77. The lowest BCUT2D eigenvalue weighted by Crippen LogP contribution is -2.35. The third-order valence-corrected chi connectivity index (χ3v) is 2.44. The van der Waals surface area contributed by atoms with E-state index in [0.717, 1.165) is 10.0 Å². The number of esters is 2. The maximum absolute atomic E-state index is 11.2. The largest absolute Gasteiger partial charge is 0.392 e. The van der Waals surface area contributed by atoms with E-state index in [1.165, 1.54) is 6.92 Å². The van der Waals surface area contributed by atoms with Crippen LogP contribution in [-0.4, -0.2) is 18.0 Å². The van der Waals surface area contributed by atoms with E-state index >= 15 is 0 Å². The summed E-state index contributed by atoms with van der Waals surface area (Å²) in [6.07, 6.45) is 0.347. The van der Waals surface area contributed by atoms with Crippen molar-refractivity contribution in [2.75, 3.05) is 0 Å². The second-order valence-corrected chi connectivity index (χ2v) is 4.27. The zero-order chi connectivity index (χ0) is 12.1. The van der Waals surface area contributed by atoms with Gasteiger partial charge in [0.1, 0.15) is 6.04 Å². The summed E-state index contributed by atoms with van der Waals surface area (Å²) in [5.41, 5.74) is 6.51. The van der Waals surface area contributed by atoms with Gasteiger partial charge in [0, 0.05) is 11.4 Å². The molecule has 16 heavy (non-hydrogen) atoms. The third kappa shape index (κ3) is 4.12. The van der Waals surface area contributed by atoms with Gasteiger partial charge in [0.05, 0.1) is 0 Å². The van der Waals surface area contributed by atoms with E-state index in [9.17, 15) is 9.59 Å². The van der Waals surface area contributed by atoms with Gasteiger partial charge < -0.3 is 10.5 Å². The fraction of sp³-hybridized carbons (Fsp3) is 0.273. The summed E-state index contributed by atoms with van der Waals surface area (Å²) in [4.78, 5) is 21.8. The van der Waals surface area contributed by atoms with Crippen molar-refractivity contribution >= 4 is 27.9 Å². The molecule has 0 radical (unpaired) electrons. The molecule has 0 amide bonds. The Kier molecular flexibility index (Phi) is 4.64. The highest BCUT2D eigenvalue weighted by molar-refractivity contribution is 9.10. The molecule has 2 N–H and O–H groups in total. The number of rotatable bonds is 3. The molecule has 1 aromatic carbocycles. The second kappa shape index (κ2) is 5.77. The molecule has 0 aliphatic carbocycles. The van der Waals surface area contributed by atoms with E-state index in [4.69, 9.17) is 5.73 Å². The van der Waals surface area contributed by atoms with E-state index < -0.39 is 18.0 Å². The van der Waals surface area contributed by atoms with E-state index in [1.807, 2.05) is 24.3 Å². The van der Waals surface area contributed by atoms with Crippen molar-refractivity contribution in [3.63, 3.8) is 0 Å². The standard InChI is InChI=1S/C11H12BrNO3/c1-7(14)16-11(15)10(13)6-8-2-4-9(12)5-3-8/h2-5,10H,6,13H2,1H3/t10-/m0/s1. The lowest BCUT2D eigenvalue weighted by molar-refractivity contribution is -0.159. The van der Waals surface area contributed by atoms with Gasteiger partial charge in [-0.1, -0.05) is 28.1 Å². The maximum atomic E-state index is 11.2. The fourth-order valence-electron chi connectivity index (χ4n) is 1.18. The van der Waals surface area contributed by atoms with Crippen LogP contribution in [0.2, 0.25) is 0 Å². The van der Waals surface area contributed by atoms with E-state index in [2.05, 4.69) is 20.7 Å². The Hall–Kier alpha value is -1.20. The van der Waals surface area contributed by atoms with Crippen LogP contribution in [-0.2, 0) is 20.7 Å². The lowest BCUT2D eigenvalue weighted by Gasteiger charge is -2.09. The number of hydrogen-bond donors (Lipinski definition) is 1.